The normalized spacial score (nSPS) is 18.6. The fraction of sp³-hybridized carbons (Fsp3) is 0.261. The van der Waals surface area contributed by atoms with E-state index in [0.29, 0.717) is 16.0 Å². The van der Waals surface area contributed by atoms with E-state index in [9.17, 15) is 4.79 Å². The van der Waals surface area contributed by atoms with Gasteiger partial charge in [0.15, 0.2) is 17.8 Å². The van der Waals surface area contributed by atoms with Gasteiger partial charge in [0.05, 0.1) is 7.05 Å². The Bertz CT molecular complexity index is 1110. The van der Waals surface area contributed by atoms with Crippen LogP contribution in [-0.2, 0) is 4.79 Å². The number of rotatable bonds is 7. The Morgan fingerprint density at radius 3 is 2.37 bits per heavy atom. The standard InChI is InChI=1S/C23H24N6O/c1-4-5-14-29(3)22(21(15-30)16(2)26-29)18-12-10-17(11-13-18)19-8-6-7-9-20(19)23-24-27-28-25-23/h6-13,15H,4-5,14H2,1-3H3/p+1. The van der Waals surface area contributed by atoms with Crippen molar-refractivity contribution in [3.8, 4) is 22.5 Å². The number of hydrogen-bond donors (Lipinski definition) is 1. The number of quaternary nitrogens is 1. The number of carbonyl (C=O) groups is 1. The highest BCUT2D eigenvalue weighted by atomic mass is 16.1. The molecule has 1 N–H and O–H groups in total. The molecule has 1 aliphatic heterocycles. The van der Waals surface area contributed by atoms with Crippen molar-refractivity contribution in [3.05, 3.63) is 59.7 Å². The minimum Gasteiger partial charge on any atom is -0.298 e. The van der Waals surface area contributed by atoms with Gasteiger partial charge in [-0.05, 0) is 47.0 Å². The molecule has 1 aromatic heterocycles. The van der Waals surface area contributed by atoms with Crippen LogP contribution >= 0.6 is 0 Å². The van der Waals surface area contributed by atoms with Crippen LogP contribution in [0.25, 0.3) is 28.2 Å². The van der Waals surface area contributed by atoms with Crippen LogP contribution in [0.15, 0.2) is 59.2 Å². The van der Waals surface area contributed by atoms with Crippen LogP contribution in [0.4, 0.5) is 0 Å². The van der Waals surface area contributed by atoms with Gasteiger partial charge in [-0.25, -0.2) is 5.10 Å². The molecular weight excluding hydrogens is 376 g/mol. The number of carbonyl (C=O) groups excluding carboxylic acids is 1. The number of nitrogens with zero attached hydrogens (tertiary/aromatic N) is 5. The summed E-state index contributed by atoms with van der Waals surface area (Å²) in [5.41, 5.74) is 6.49. The van der Waals surface area contributed by atoms with E-state index in [4.69, 9.17) is 5.10 Å². The molecule has 4 rings (SSSR count). The largest absolute Gasteiger partial charge is 0.298 e. The lowest BCUT2D eigenvalue weighted by Crippen LogP contribution is -2.35. The Morgan fingerprint density at radius 2 is 1.73 bits per heavy atom. The van der Waals surface area contributed by atoms with Crippen molar-refractivity contribution in [1.29, 1.82) is 0 Å². The maximum Gasteiger partial charge on any atom is 0.180 e. The molecule has 0 bridgehead atoms. The summed E-state index contributed by atoms with van der Waals surface area (Å²) in [6.45, 7) is 4.94. The van der Waals surface area contributed by atoms with Gasteiger partial charge in [0.1, 0.15) is 17.8 Å². The monoisotopic (exact) mass is 401 g/mol. The van der Waals surface area contributed by atoms with E-state index in [1.165, 1.54) is 0 Å². The third-order valence-corrected chi connectivity index (χ3v) is 5.56. The fourth-order valence-corrected chi connectivity index (χ4v) is 4.09. The van der Waals surface area contributed by atoms with Crippen LogP contribution in [0.1, 0.15) is 32.3 Å². The maximum absolute atomic E-state index is 11.9. The van der Waals surface area contributed by atoms with Gasteiger partial charge in [-0.3, -0.25) is 4.79 Å². The molecule has 0 amide bonds. The molecule has 152 valence electrons. The summed E-state index contributed by atoms with van der Waals surface area (Å²) in [7, 11) is 2.07. The molecule has 1 unspecified atom stereocenters. The molecule has 0 saturated carbocycles. The third kappa shape index (κ3) is 3.48. The highest BCUT2D eigenvalue weighted by Crippen LogP contribution is 2.37. The number of hydrogen-bond acceptors (Lipinski definition) is 5. The second-order valence-corrected chi connectivity index (χ2v) is 7.65. The lowest BCUT2D eigenvalue weighted by atomic mass is 9.96. The highest BCUT2D eigenvalue weighted by Gasteiger charge is 2.39. The molecule has 3 aromatic rings. The Labute approximate surface area is 175 Å². The first-order chi connectivity index (χ1) is 14.6. The molecule has 0 spiro atoms. The van der Waals surface area contributed by atoms with Crippen LogP contribution in [-0.4, -0.2) is 50.8 Å². The third-order valence-electron chi connectivity index (χ3n) is 5.56. The summed E-state index contributed by atoms with van der Waals surface area (Å²) >= 11 is 0. The van der Waals surface area contributed by atoms with E-state index in [2.05, 4.69) is 58.9 Å². The summed E-state index contributed by atoms with van der Waals surface area (Å²) in [6.07, 6.45) is 3.06. The molecule has 1 atom stereocenters. The van der Waals surface area contributed by atoms with Gasteiger partial charge in [0.2, 0.25) is 0 Å². The molecule has 0 radical (unpaired) electrons. The minimum atomic E-state index is 0.410. The molecule has 1 aliphatic rings. The quantitative estimate of drug-likeness (QED) is 0.478. The zero-order valence-corrected chi connectivity index (χ0v) is 17.5. The minimum absolute atomic E-state index is 0.410. The van der Waals surface area contributed by atoms with Crippen molar-refractivity contribution in [2.45, 2.75) is 26.7 Å². The van der Waals surface area contributed by atoms with Gasteiger partial charge in [0, 0.05) is 11.1 Å². The summed E-state index contributed by atoms with van der Waals surface area (Å²) in [4.78, 5) is 11.9. The molecule has 7 heteroatoms. The SMILES string of the molecule is CCCC[N+]1(C)N=C(C)C(C=O)=C1c1ccc(-c2ccccc2-c2nnn[nH]2)cc1. The van der Waals surface area contributed by atoms with Gasteiger partial charge in [-0.15, -0.1) is 5.10 Å². The van der Waals surface area contributed by atoms with E-state index in [-0.39, 0.29) is 0 Å². The summed E-state index contributed by atoms with van der Waals surface area (Å²) in [5.74, 6) is 0.629. The van der Waals surface area contributed by atoms with Crippen molar-refractivity contribution in [2.24, 2.45) is 5.10 Å². The predicted molar refractivity (Wildman–Crippen MR) is 117 cm³/mol. The van der Waals surface area contributed by atoms with E-state index < -0.39 is 0 Å². The first kappa shape index (κ1) is 19.8. The van der Waals surface area contributed by atoms with Crippen LogP contribution < -0.4 is 0 Å². The lowest BCUT2D eigenvalue weighted by molar-refractivity contribution is -0.844. The topological polar surface area (TPSA) is 83.9 Å². The molecule has 2 heterocycles. The van der Waals surface area contributed by atoms with Crippen molar-refractivity contribution in [1.82, 2.24) is 20.6 Å². The molecule has 7 nitrogen and oxygen atoms in total. The number of aromatic nitrogens is 4. The van der Waals surface area contributed by atoms with Crippen molar-refractivity contribution < 1.29 is 9.39 Å². The second-order valence-electron chi connectivity index (χ2n) is 7.65. The first-order valence-corrected chi connectivity index (χ1v) is 10.1. The van der Waals surface area contributed by atoms with Crippen molar-refractivity contribution >= 4 is 17.7 Å². The smallest absolute Gasteiger partial charge is 0.180 e. The predicted octanol–water partition coefficient (Wildman–Crippen LogP) is 4.08. The summed E-state index contributed by atoms with van der Waals surface area (Å²) in [5, 5.41) is 19.1. The molecule has 0 saturated heterocycles. The van der Waals surface area contributed by atoms with Gasteiger partial charge in [0.25, 0.3) is 0 Å². The zero-order valence-electron chi connectivity index (χ0n) is 17.5. The van der Waals surface area contributed by atoms with Gasteiger partial charge in [-0.2, -0.15) is 4.59 Å². The highest BCUT2D eigenvalue weighted by molar-refractivity contribution is 6.19. The lowest BCUT2D eigenvalue weighted by Gasteiger charge is -2.27. The second kappa shape index (κ2) is 8.12. The number of tetrazole rings is 1. The van der Waals surface area contributed by atoms with Gasteiger partial charge >= 0.3 is 0 Å². The Kier molecular flexibility index (Phi) is 5.37. The first-order valence-electron chi connectivity index (χ1n) is 10.1. The van der Waals surface area contributed by atoms with Crippen LogP contribution in [0, 0.1) is 0 Å². The summed E-state index contributed by atoms with van der Waals surface area (Å²) < 4.78 is 0.410. The molecular formula is C23H25N6O+. The Hall–Kier alpha value is -3.45. The number of aromatic amines is 1. The average molecular weight is 401 g/mol. The number of benzene rings is 2. The van der Waals surface area contributed by atoms with E-state index in [0.717, 1.165) is 59.3 Å². The zero-order chi connectivity index (χ0) is 21.1. The number of allylic oxidation sites excluding steroid dienone is 1. The van der Waals surface area contributed by atoms with Crippen LogP contribution in [0.2, 0.25) is 0 Å². The van der Waals surface area contributed by atoms with Gasteiger partial charge in [-0.1, -0.05) is 54.8 Å². The molecule has 2 aromatic carbocycles. The molecule has 30 heavy (non-hydrogen) atoms. The van der Waals surface area contributed by atoms with Gasteiger partial charge < -0.3 is 0 Å². The van der Waals surface area contributed by atoms with Crippen molar-refractivity contribution in [2.75, 3.05) is 13.6 Å². The Balaban J connectivity index is 1.74. The summed E-state index contributed by atoms with van der Waals surface area (Å²) in [6, 6.07) is 16.3. The van der Waals surface area contributed by atoms with E-state index in [1.54, 1.807) is 0 Å². The fourth-order valence-electron chi connectivity index (χ4n) is 4.09. The van der Waals surface area contributed by atoms with Crippen molar-refractivity contribution in [3.63, 3.8) is 0 Å². The number of aldehydes is 1. The average Bonchev–Trinajstić information content (AvgIpc) is 3.38. The number of unbranched alkanes of at least 4 members (excludes halogenated alkanes) is 1. The van der Waals surface area contributed by atoms with E-state index in [1.807, 2.05) is 31.2 Å². The van der Waals surface area contributed by atoms with E-state index >= 15 is 0 Å². The molecule has 0 aliphatic carbocycles. The number of H-pyrrole nitrogens is 1. The Morgan fingerprint density at radius 1 is 1.03 bits per heavy atom. The molecule has 0 fully saturated rings. The number of nitrogens with one attached hydrogen (secondary N) is 1. The van der Waals surface area contributed by atoms with Crippen LogP contribution in [0.3, 0.4) is 0 Å². The van der Waals surface area contributed by atoms with Crippen LogP contribution in [0.5, 0.6) is 0 Å². The maximum atomic E-state index is 11.9.